The summed E-state index contributed by atoms with van der Waals surface area (Å²) < 4.78 is 0.935. The molecule has 19 heavy (non-hydrogen) atoms. The molecule has 2 nitrogen and oxygen atoms in total. The number of hydrogen-bond acceptors (Lipinski definition) is 2. The lowest BCUT2D eigenvalue weighted by molar-refractivity contribution is 0.182. The lowest BCUT2D eigenvalue weighted by Gasteiger charge is -2.32. The minimum absolute atomic E-state index is 0.257. The van der Waals surface area contributed by atoms with Crippen LogP contribution in [0.3, 0.4) is 0 Å². The number of hydrogen-bond donors (Lipinski definition) is 1. The monoisotopic (exact) mass is 346 g/mol. The number of likely N-dealkylation sites (N-methyl/N-ethyl adjacent to an activating group) is 1. The molecule has 2 atom stereocenters. The molecule has 0 radical (unpaired) electrons. The van der Waals surface area contributed by atoms with Crippen molar-refractivity contribution in [1.29, 1.82) is 0 Å². The third-order valence-electron chi connectivity index (χ3n) is 3.64. The van der Waals surface area contributed by atoms with Gasteiger partial charge < -0.3 is 5.73 Å². The molecular weight excluding hydrogens is 324 g/mol. The molecule has 1 rings (SSSR count). The molecule has 0 spiro atoms. The van der Waals surface area contributed by atoms with Crippen LogP contribution in [-0.2, 0) is 0 Å². The summed E-state index contributed by atoms with van der Waals surface area (Å²) in [5.74, 6) is 0.685. The minimum Gasteiger partial charge on any atom is -0.329 e. The van der Waals surface area contributed by atoms with E-state index in [4.69, 9.17) is 17.3 Å². The van der Waals surface area contributed by atoms with Gasteiger partial charge in [0, 0.05) is 23.6 Å². The predicted molar refractivity (Wildman–Crippen MR) is 87.6 cm³/mol. The first-order chi connectivity index (χ1) is 9.03. The van der Waals surface area contributed by atoms with Crippen molar-refractivity contribution in [1.82, 2.24) is 4.90 Å². The molecule has 1 aromatic rings. The molecule has 0 fully saturated rings. The summed E-state index contributed by atoms with van der Waals surface area (Å²) in [5.41, 5.74) is 7.22. The van der Waals surface area contributed by atoms with E-state index in [1.807, 2.05) is 6.07 Å². The molecule has 2 unspecified atom stereocenters. The lowest BCUT2D eigenvalue weighted by Crippen LogP contribution is -2.36. The van der Waals surface area contributed by atoms with Gasteiger partial charge >= 0.3 is 0 Å². The van der Waals surface area contributed by atoms with E-state index in [2.05, 4.69) is 53.7 Å². The fourth-order valence-corrected chi connectivity index (χ4v) is 2.74. The number of benzene rings is 1. The second-order valence-corrected chi connectivity index (χ2v) is 6.29. The van der Waals surface area contributed by atoms with Gasteiger partial charge in [0.25, 0.3) is 0 Å². The van der Waals surface area contributed by atoms with Crippen LogP contribution in [0, 0.1) is 5.92 Å². The Morgan fingerprint density at radius 2 is 2.05 bits per heavy atom. The van der Waals surface area contributed by atoms with E-state index in [1.54, 1.807) is 0 Å². The second kappa shape index (κ2) is 8.25. The Labute approximate surface area is 130 Å². The zero-order chi connectivity index (χ0) is 14.4. The highest BCUT2D eigenvalue weighted by Gasteiger charge is 2.19. The Morgan fingerprint density at radius 1 is 1.37 bits per heavy atom. The molecule has 0 aliphatic heterocycles. The van der Waals surface area contributed by atoms with E-state index >= 15 is 0 Å². The summed E-state index contributed by atoms with van der Waals surface area (Å²) >= 11 is 9.54. The van der Waals surface area contributed by atoms with Crippen LogP contribution in [0.15, 0.2) is 22.7 Å². The molecule has 108 valence electrons. The molecule has 0 heterocycles. The first-order valence-electron chi connectivity index (χ1n) is 6.92. The lowest BCUT2D eigenvalue weighted by atomic mass is 10.0. The van der Waals surface area contributed by atoms with E-state index < -0.39 is 0 Å². The van der Waals surface area contributed by atoms with Gasteiger partial charge in [-0.1, -0.05) is 44.9 Å². The van der Waals surface area contributed by atoms with Crippen molar-refractivity contribution in [2.24, 2.45) is 11.7 Å². The van der Waals surface area contributed by atoms with Crippen LogP contribution in [0.4, 0.5) is 0 Å². The highest BCUT2D eigenvalue weighted by molar-refractivity contribution is 9.10. The molecule has 0 aromatic heterocycles. The predicted octanol–water partition coefficient (Wildman–Crippen LogP) is 4.47. The van der Waals surface area contributed by atoms with Crippen molar-refractivity contribution < 1.29 is 0 Å². The Bertz CT molecular complexity index is 398. The standard InChI is InChI=1S/C15H24BrClN2/c1-4-11(3)10-19(5-2)15(9-18)12-6-7-14(17)13(16)8-12/h6-8,11,15H,4-5,9-10,18H2,1-3H3. The molecule has 0 bridgehead atoms. The van der Waals surface area contributed by atoms with E-state index in [9.17, 15) is 0 Å². The molecule has 1 aromatic carbocycles. The van der Waals surface area contributed by atoms with Crippen LogP contribution in [-0.4, -0.2) is 24.5 Å². The summed E-state index contributed by atoms with van der Waals surface area (Å²) in [6, 6.07) is 6.34. The summed E-state index contributed by atoms with van der Waals surface area (Å²) in [7, 11) is 0. The van der Waals surface area contributed by atoms with Crippen molar-refractivity contribution in [3.63, 3.8) is 0 Å². The van der Waals surface area contributed by atoms with Crippen LogP contribution < -0.4 is 5.73 Å². The molecule has 0 saturated carbocycles. The maximum absolute atomic E-state index is 6.06. The molecule has 4 heteroatoms. The molecule has 2 N–H and O–H groups in total. The fraction of sp³-hybridized carbons (Fsp3) is 0.600. The van der Waals surface area contributed by atoms with Gasteiger partial charge in [-0.2, -0.15) is 0 Å². The van der Waals surface area contributed by atoms with Crippen molar-refractivity contribution in [3.05, 3.63) is 33.3 Å². The topological polar surface area (TPSA) is 29.3 Å². The van der Waals surface area contributed by atoms with Crippen molar-refractivity contribution in [2.75, 3.05) is 19.6 Å². The van der Waals surface area contributed by atoms with Gasteiger partial charge in [-0.3, -0.25) is 4.90 Å². The van der Waals surface area contributed by atoms with Crippen molar-refractivity contribution in [2.45, 2.75) is 33.2 Å². The summed E-state index contributed by atoms with van der Waals surface area (Å²) in [4.78, 5) is 2.45. The van der Waals surface area contributed by atoms with E-state index in [1.165, 1.54) is 12.0 Å². The summed E-state index contributed by atoms with van der Waals surface area (Å²) in [6.07, 6.45) is 1.19. The number of nitrogens with two attached hydrogens (primary N) is 1. The van der Waals surface area contributed by atoms with Crippen molar-refractivity contribution in [3.8, 4) is 0 Å². The zero-order valence-corrected chi connectivity index (χ0v) is 14.3. The van der Waals surface area contributed by atoms with E-state index in [-0.39, 0.29) is 6.04 Å². The number of rotatable bonds is 7. The highest BCUT2D eigenvalue weighted by Crippen LogP contribution is 2.28. The Kier molecular flexibility index (Phi) is 7.37. The van der Waals surface area contributed by atoms with E-state index in [0.717, 1.165) is 22.6 Å². The van der Waals surface area contributed by atoms with Crippen molar-refractivity contribution >= 4 is 27.5 Å². The minimum atomic E-state index is 0.257. The van der Waals surface area contributed by atoms with Gasteiger partial charge in [0.2, 0.25) is 0 Å². The van der Waals surface area contributed by atoms with Crippen LogP contribution >= 0.6 is 27.5 Å². The van der Waals surface area contributed by atoms with Crippen LogP contribution in [0.2, 0.25) is 5.02 Å². The molecule has 0 aliphatic rings. The maximum atomic E-state index is 6.06. The third kappa shape index (κ3) is 4.75. The van der Waals surface area contributed by atoms with Gasteiger partial charge in [0.05, 0.1) is 5.02 Å². The normalized spacial score (nSPS) is 14.7. The largest absolute Gasteiger partial charge is 0.329 e. The second-order valence-electron chi connectivity index (χ2n) is 5.03. The SMILES string of the molecule is CCC(C)CN(CC)C(CN)c1ccc(Cl)c(Br)c1. The van der Waals surface area contributed by atoms with Gasteiger partial charge in [0.1, 0.15) is 0 Å². The highest BCUT2D eigenvalue weighted by atomic mass is 79.9. The van der Waals surface area contributed by atoms with Gasteiger partial charge in [-0.25, -0.2) is 0 Å². The van der Waals surface area contributed by atoms with Crippen LogP contribution in [0.5, 0.6) is 0 Å². The quantitative estimate of drug-likeness (QED) is 0.788. The third-order valence-corrected chi connectivity index (χ3v) is 4.86. The zero-order valence-electron chi connectivity index (χ0n) is 12.0. The smallest absolute Gasteiger partial charge is 0.0548 e. The van der Waals surface area contributed by atoms with E-state index in [0.29, 0.717) is 12.5 Å². The molecule has 0 saturated heterocycles. The van der Waals surface area contributed by atoms with Crippen LogP contribution in [0.1, 0.15) is 38.8 Å². The average molecular weight is 348 g/mol. The maximum Gasteiger partial charge on any atom is 0.0548 e. The van der Waals surface area contributed by atoms with Gasteiger partial charge in [-0.05, 0) is 46.1 Å². The Balaban J connectivity index is 2.93. The summed E-state index contributed by atoms with van der Waals surface area (Å²) in [6.45, 7) is 9.42. The fourth-order valence-electron chi connectivity index (χ4n) is 2.22. The number of nitrogens with zero attached hydrogens (tertiary/aromatic N) is 1. The molecular formula is C15H24BrClN2. The summed E-state index contributed by atoms with van der Waals surface area (Å²) in [5, 5.41) is 0.740. The molecule has 0 aliphatic carbocycles. The Hall–Kier alpha value is -0.0900. The molecule has 0 amide bonds. The first-order valence-corrected chi connectivity index (χ1v) is 8.09. The van der Waals surface area contributed by atoms with Gasteiger partial charge in [-0.15, -0.1) is 0 Å². The van der Waals surface area contributed by atoms with Gasteiger partial charge in [0.15, 0.2) is 0 Å². The van der Waals surface area contributed by atoms with Crippen LogP contribution in [0.25, 0.3) is 0 Å². The Morgan fingerprint density at radius 3 is 2.53 bits per heavy atom. The number of halogens is 2. The first kappa shape index (κ1) is 17.0. The average Bonchev–Trinajstić information content (AvgIpc) is 2.41.